The minimum Gasteiger partial charge on any atom is -0.298 e. The zero-order chi connectivity index (χ0) is 13.8. The molecular formula is C17H27N3. The molecule has 0 spiro atoms. The topological polar surface area (TPSA) is 19.4 Å². The van der Waals surface area contributed by atoms with E-state index in [-0.39, 0.29) is 0 Å². The van der Waals surface area contributed by atoms with E-state index in [2.05, 4.69) is 27.8 Å². The van der Waals surface area contributed by atoms with Crippen LogP contribution in [0.5, 0.6) is 0 Å². The standard InChI is InChI=1S/C17H27N3/c1-2-15-5-6-17(12-15)20-10-8-19(9-11-20)14-16-4-3-7-18-13-16/h3-4,7,13,15,17H,2,5-6,8-12,14H2,1H3/t15-,17-/m1/s1. The number of pyridine rings is 1. The number of aromatic nitrogens is 1. The van der Waals surface area contributed by atoms with Gasteiger partial charge in [0.05, 0.1) is 0 Å². The Kier molecular flexibility index (Phi) is 4.69. The Morgan fingerprint density at radius 2 is 2.05 bits per heavy atom. The summed E-state index contributed by atoms with van der Waals surface area (Å²) in [6, 6.07) is 5.09. The van der Waals surface area contributed by atoms with Crippen LogP contribution in [0, 0.1) is 5.92 Å². The average molecular weight is 273 g/mol. The van der Waals surface area contributed by atoms with Crippen LogP contribution < -0.4 is 0 Å². The molecule has 1 aromatic rings. The van der Waals surface area contributed by atoms with E-state index in [0.717, 1.165) is 18.5 Å². The van der Waals surface area contributed by atoms with Crippen LogP contribution in [0.25, 0.3) is 0 Å². The molecule has 1 saturated heterocycles. The second kappa shape index (κ2) is 6.68. The smallest absolute Gasteiger partial charge is 0.0312 e. The Hall–Kier alpha value is -0.930. The third-order valence-electron chi connectivity index (χ3n) is 5.14. The molecule has 1 aliphatic carbocycles. The van der Waals surface area contributed by atoms with Gasteiger partial charge in [-0.25, -0.2) is 0 Å². The maximum absolute atomic E-state index is 4.21. The molecule has 3 rings (SSSR count). The lowest BCUT2D eigenvalue weighted by Crippen LogP contribution is -2.49. The van der Waals surface area contributed by atoms with Crippen molar-refractivity contribution >= 4 is 0 Å². The SMILES string of the molecule is CC[C@@H]1CC[C@@H](N2CCN(Cc3cccnc3)CC2)C1. The summed E-state index contributed by atoms with van der Waals surface area (Å²) in [6.45, 7) is 8.33. The normalized spacial score (nSPS) is 28.9. The van der Waals surface area contributed by atoms with E-state index in [1.807, 2.05) is 18.5 Å². The predicted molar refractivity (Wildman–Crippen MR) is 82.5 cm³/mol. The molecule has 110 valence electrons. The molecule has 3 nitrogen and oxygen atoms in total. The van der Waals surface area contributed by atoms with Gasteiger partial charge in [-0.3, -0.25) is 14.8 Å². The Balaban J connectivity index is 1.45. The van der Waals surface area contributed by atoms with Gasteiger partial charge < -0.3 is 0 Å². The van der Waals surface area contributed by atoms with Crippen molar-refractivity contribution < 1.29 is 0 Å². The van der Waals surface area contributed by atoms with Crippen LogP contribution >= 0.6 is 0 Å². The number of hydrogen-bond donors (Lipinski definition) is 0. The minimum absolute atomic E-state index is 0.875. The zero-order valence-electron chi connectivity index (χ0n) is 12.7. The van der Waals surface area contributed by atoms with E-state index in [9.17, 15) is 0 Å². The van der Waals surface area contributed by atoms with Crippen LogP contribution in [-0.4, -0.2) is 47.0 Å². The summed E-state index contributed by atoms with van der Waals surface area (Å²) in [5.74, 6) is 0.994. The Bertz CT molecular complexity index is 398. The molecule has 0 amide bonds. The minimum atomic E-state index is 0.875. The van der Waals surface area contributed by atoms with Gasteiger partial charge in [0, 0.05) is 51.2 Å². The highest BCUT2D eigenvalue weighted by Crippen LogP contribution is 2.31. The third-order valence-corrected chi connectivity index (χ3v) is 5.14. The molecule has 20 heavy (non-hydrogen) atoms. The summed E-state index contributed by atoms with van der Waals surface area (Å²) in [6.07, 6.45) is 9.55. The van der Waals surface area contributed by atoms with Crippen molar-refractivity contribution in [3.8, 4) is 0 Å². The highest BCUT2D eigenvalue weighted by molar-refractivity contribution is 5.08. The van der Waals surface area contributed by atoms with Crippen LogP contribution in [0.4, 0.5) is 0 Å². The highest BCUT2D eigenvalue weighted by Gasteiger charge is 2.30. The lowest BCUT2D eigenvalue weighted by atomic mass is 10.0. The Morgan fingerprint density at radius 3 is 2.70 bits per heavy atom. The van der Waals surface area contributed by atoms with E-state index in [0.29, 0.717) is 0 Å². The molecule has 1 aromatic heterocycles. The van der Waals surface area contributed by atoms with Gasteiger partial charge in [0.2, 0.25) is 0 Å². The molecule has 0 N–H and O–H groups in total. The van der Waals surface area contributed by atoms with E-state index >= 15 is 0 Å². The summed E-state index contributed by atoms with van der Waals surface area (Å²) in [5.41, 5.74) is 1.34. The molecular weight excluding hydrogens is 246 g/mol. The Morgan fingerprint density at radius 1 is 1.20 bits per heavy atom. The van der Waals surface area contributed by atoms with Crippen molar-refractivity contribution in [2.45, 2.75) is 45.2 Å². The van der Waals surface area contributed by atoms with Gasteiger partial charge in [-0.05, 0) is 36.8 Å². The van der Waals surface area contributed by atoms with Crippen LogP contribution in [0.1, 0.15) is 38.2 Å². The van der Waals surface area contributed by atoms with Gasteiger partial charge in [0.1, 0.15) is 0 Å². The molecule has 1 aliphatic heterocycles. The third kappa shape index (κ3) is 3.39. The maximum Gasteiger partial charge on any atom is 0.0312 e. The maximum atomic E-state index is 4.21. The lowest BCUT2D eigenvalue weighted by molar-refractivity contribution is 0.0920. The van der Waals surface area contributed by atoms with Gasteiger partial charge in [0.25, 0.3) is 0 Å². The zero-order valence-corrected chi connectivity index (χ0v) is 12.7. The number of nitrogens with zero attached hydrogens (tertiary/aromatic N) is 3. The Labute approximate surface area is 123 Å². The summed E-state index contributed by atoms with van der Waals surface area (Å²) < 4.78 is 0. The summed E-state index contributed by atoms with van der Waals surface area (Å²) in [7, 11) is 0. The number of hydrogen-bond acceptors (Lipinski definition) is 3. The summed E-state index contributed by atoms with van der Waals surface area (Å²) in [4.78, 5) is 9.52. The first kappa shape index (κ1) is 14.0. The van der Waals surface area contributed by atoms with Gasteiger partial charge in [-0.1, -0.05) is 19.4 Å². The molecule has 0 unspecified atom stereocenters. The van der Waals surface area contributed by atoms with Crippen molar-refractivity contribution in [1.29, 1.82) is 0 Å². The molecule has 2 fully saturated rings. The second-order valence-electron chi connectivity index (χ2n) is 6.41. The molecule has 1 saturated carbocycles. The first-order chi connectivity index (χ1) is 9.85. The predicted octanol–water partition coefficient (Wildman–Crippen LogP) is 2.78. The monoisotopic (exact) mass is 273 g/mol. The van der Waals surface area contributed by atoms with Crippen molar-refractivity contribution in [2.24, 2.45) is 5.92 Å². The van der Waals surface area contributed by atoms with E-state index in [1.54, 1.807) is 0 Å². The second-order valence-corrected chi connectivity index (χ2v) is 6.41. The van der Waals surface area contributed by atoms with E-state index in [4.69, 9.17) is 0 Å². The fourth-order valence-corrected chi connectivity index (χ4v) is 3.79. The first-order valence-corrected chi connectivity index (χ1v) is 8.20. The fraction of sp³-hybridized carbons (Fsp3) is 0.706. The van der Waals surface area contributed by atoms with Gasteiger partial charge in [-0.15, -0.1) is 0 Å². The van der Waals surface area contributed by atoms with E-state index in [1.165, 1.54) is 57.4 Å². The quantitative estimate of drug-likeness (QED) is 0.841. The van der Waals surface area contributed by atoms with Crippen LogP contribution in [-0.2, 0) is 6.54 Å². The van der Waals surface area contributed by atoms with Gasteiger partial charge in [0.15, 0.2) is 0 Å². The largest absolute Gasteiger partial charge is 0.298 e. The van der Waals surface area contributed by atoms with Crippen molar-refractivity contribution in [3.05, 3.63) is 30.1 Å². The summed E-state index contributed by atoms with van der Waals surface area (Å²) in [5, 5.41) is 0. The van der Waals surface area contributed by atoms with E-state index < -0.39 is 0 Å². The number of rotatable bonds is 4. The van der Waals surface area contributed by atoms with Gasteiger partial charge in [-0.2, -0.15) is 0 Å². The van der Waals surface area contributed by atoms with Gasteiger partial charge >= 0.3 is 0 Å². The molecule has 2 heterocycles. The number of piperazine rings is 1. The highest BCUT2D eigenvalue weighted by atomic mass is 15.3. The first-order valence-electron chi connectivity index (χ1n) is 8.20. The molecule has 3 heteroatoms. The van der Waals surface area contributed by atoms with Crippen molar-refractivity contribution in [2.75, 3.05) is 26.2 Å². The molecule has 2 atom stereocenters. The molecule has 0 radical (unpaired) electrons. The van der Waals surface area contributed by atoms with Crippen LogP contribution in [0.3, 0.4) is 0 Å². The lowest BCUT2D eigenvalue weighted by Gasteiger charge is -2.38. The summed E-state index contributed by atoms with van der Waals surface area (Å²) >= 11 is 0. The molecule has 0 bridgehead atoms. The van der Waals surface area contributed by atoms with Crippen molar-refractivity contribution in [3.63, 3.8) is 0 Å². The van der Waals surface area contributed by atoms with Crippen molar-refractivity contribution in [1.82, 2.24) is 14.8 Å². The van der Waals surface area contributed by atoms with Crippen LogP contribution in [0.2, 0.25) is 0 Å². The van der Waals surface area contributed by atoms with Crippen LogP contribution in [0.15, 0.2) is 24.5 Å². The average Bonchev–Trinajstić information content (AvgIpc) is 2.98. The molecule has 0 aromatic carbocycles. The fourth-order valence-electron chi connectivity index (χ4n) is 3.79. The molecule has 2 aliphatic rings.